The largest absolute Gasteiger partial charge is 0.313 e. The fraction of sp³-hybridized carbons (Fsp3) is 0.818. The Kier molecular flexibility index (Phi) is 7.39. The quantitative estimate of drug-likeness (QED) is 0.381. The van der Waals surface area contributed by atoms with Crippen molar-refractivity contribution in [3.05, 3.63) is 12.2 Å². The van der Waals surface area contributed by atoms with Gasteiger partial charge in [-0.25, -0.2) is 0 Å². The maximum absolute atomic E-state index is 5.98. The molecule has 0 spiro atoms. The minimum absolute atomic E-state index is 0.295. The fourth-order valence-corrected chi connectivity index (χ4v) is 1.75. The van der Waals surface area contributed by atoms with Gasteiger partial charge in [-0.15, -0.1) is 11.6 Å². The van der Waals surface area contributed by atoms with Crippen LogP contribution < -0.4 is 5.32 Å². The van der Waals surface area contributed by atoms with Gasteiger partial charge < -0.3 is 5.32 Å². The Morgan fingerprint density at radius 3 is 2.31 bits per heavy atom. The third-order valence-electron chi connectivity index (χ3n) is 2.78. The maximum atomic E-state index is 5.98. The second kappa shape index (κ2) is 7.40. The van der Waals surface area contributed by atoms with Gasteiger partial charge >= 0.3 is 0 Å². The second-order valence-corrected chi connectivity index (χ2v) is 3.81. The highest BCUT2D eigenvalue weighted by molar-refractivity contribution is 6.18. The molecule has 0 saturated heterocycles. The van der Waals surface area contributed by atoms with Crippen molar-refractivity contribution in [2.45, 2.75) is 33.6 Å². The van der Waals surface area contributed by atoms with Crippen molar-refractivity contribution in [1.82, 2.24) is 5.32 Å². The molecule has 0 saturated carbocycles. The van der Waals surface area contributed by atoms with E-state index in [-0.39, 0.29) is 0 Å². The lowest BCUT2D eigenvalue weighted by Gasteiger charge is -2.29. The van der Waals surface area contributed by atoms with E-state index < -0.39 is 0 Å². The summed E-state index contributed by atoms with van der Waals surface area (Å²) in [4.78, 5) is 0. The third kappa shape index (κ3) is 4.68. The van der Waals surface area contributed by atoms with Crippen LogP contribution in [0.1, 0.15) is 33.6 Å². The van der Waals surface area contributed by atoms with Gasteiger partial charge in [0.25, 0.3) is 0 Å². The van der Waals surface area contributed by atoms with Crippen molar-refractivity contribution in [2.24, 2.45) is 5.41 Å². The first-order valence-electron chi connectivity index (χ1n) is 5.12. The molecule has 0 atom stereocenters. The lowest BCUT2D eigenvalue weighted by Crippen LogP contribution is -2.35. The molecule has 13 heavy (non-hydrogen) atoms. The molecule has 0 bridgehead atoms. The molecule has 0 aromatic carbocycles. The molecular weight excluding hydrogens is 182 g/mol. The highest BCUT2D eigenvalue weighted by atomic mass is 35.5. The van der Waals surface area contributed by atoms with Gasteiger partial charge in [-0.05, 0) is 25.2 Å². The Bertz CT molecular complexity index is 131. The zero-order chi connectivity index (χ0) is 10.2. The Morgan fingerprint density at radius 1 is 1.31 bits per heavy atom. The van der Waals surface area contributed by atoms with Gasteiger partial charge in [-0.2, -0.15) is 0 Å². The van der Waals surface area contributed by atoms with Crippen LogP contribution in [0.15, 0.2) is 12.2 Å². The van der Waals surface area contributed by atoms with Crippen LogP contribution >= 0.6 is 11.6 Å². The SMILES string of the molecule is C/C=C/CNCC(CC)(CC)CCl. The van der Waals surface area contributed by atoms with Gasteiger partial charge in [0.15, 0.2) is 0 Å². The molecule has 0 unspecified atom stereocenters. The van der Waals surface area contributed by atoms with E-state index in [0.717, 1.165) is 31.8 Å². The summed E-state index contributed by atoms with van der Waals surface area (Å²) < 4.78 is 0. The summed E-state index contributed by atoms with van der Waals surface area (Å²) in [5, 5.41) is 3.41. The van der Waals surface area contributed by atoms with E-state index in [0.29, 0.717) is 5.41 Å². The summed E-state index contributed by atoms with van der Waals surface area (Å²) >= 11 is 5.98. The highest BCUT2D eigenvalue weighted by Gasteiger charge is 2.23. The Labute approximate surface area is 87.6 Å². The molecule has 1 nitrogen and oxygen atoms in total. The molecule has 0 aliphatic carbocycles. The molecule has 0 radical (unpaired) electrons. The normalized spacial score (nSPS) is 12.6. The molecule has 0 amide bonds. The monoisotopic (exact) mass is 203 g/mol. The molecular formula is C11H22ClN. The molecule has 0 aromatic heterocycles. The average Bonchev–Trinajstić information content (AvgIpc) is 2.20. The van der Waals surface area contributed by atoms with Crippen molar-refractivity contribution in [3.8, 4) is 0 Å². The van der Waals surface area contributed by atoms with Gasteiger partial charge in [-0.3, -0.25) is 0 Å². The Hall–Kier alpha value is -0.0100. The van der Waals surface area contributed by atoms with Crippen LogP contribution in [-0.2, 0) is 0 Å². The van der Waals surface area contributed by atoms with Crippen LogP contribution in [-0.4, -0.2) is 19.0 Å². The van der Waals surface area contributed by atoms with E-state index in [4.69, 9.17) is 11.6 Å². The first-order chi connectivity index (χ1) is 6.24. The molecule has 0 aliphatic rings. The van der Waals surface area contributed by atoms with E-state index in [1.54, 1.807) is 0 Å². The van der Waals surface area contributed by atoms with Crippen molar-refractivity contribution < 1.29 is 0 Å². The first kappa shape index (κ1) is 13.0. The maximum Gasteiger partial charge on any atom is 0.0291 e. The number of nitrogens with one attached hydrogen (secondary N) is 1. The number of allylic oxidation sites excluding steroid dienone is 1. The number of halogens is 1. The molecule has 1 N–H and O–H groups in total. The van der Waals surface area contributed by atoms with Crippen molar-refractivity contribution >= 4 is 11.6 Å². The predicted octanol–water partition coefficient (Wildman–Crippen LogP) is 3.20. The van der Waals surface area contributed by atoms with Crippen LogP contribution in [0.25, 0.3) is 0 Å². The smallest absolute Gasteiger partial charge is 0.0291 e. The molecule has 0 heterocycles. The van der Waals surface area contributed by atoms with Crippen LogP contribution in [0.5, 0.6) is 0 Å². The Morgan fingerprint density at radius 2 is 1.92 bits per heavy atom. The van der Waals surface area contributed by atoms with Gasteiger partial charge in [0.05, 0.1) is 0 Å². The second-order valence-electron chi connectivity index (χ2n) is 3.54. The zero-order valence-electron chi connectivity index (χ0n) is 9.07. The number of alkyl halides is 1. The molecule has 0 fully saturated rings. The standard InChI is InChI=1S/C11H22ClN/c1-4-7-8-13-10-11(5-2,6-3)9-12/h4,7,13H,5-6,8-10H2,1-3H3/b7-4+. The minimum Gasteiger partial charge on any atom is -0.313 e. The van der Waals surface area contributed by atoms with E-state index in [2.05, 4.69) is 31.3 Å². The summed E-state index contributed by atoms with van der Waals surface area (Å²) in [6.45, 7) is 8.44. The number of rotatable bonds is 7. The Balaban J connectivity index is 3.81. The summed E-state index contributed by atoms with van der Waals surface area (Å²) in [7, 11) is 0. The molecule has 78 valence electrons. The number of hydrogen-bond donors (Lipinski definition) is 1. The van der Waals surface area contributed by atoms with E-state index in [9.17, 15) is 0 Å². The summed E-state index contributed by atoms with van der Waals surface area (Å²) in [6.07, 6.45) is 6.49. The molecule has 0 rings (SSSR count). The summed E-state index contributed by atoms with van der Waals surface area (Å²) in [5.74, 6) is 0.753. The van der Waals surface area contributed by atoms with Crippen LogP contribution in [0.3, 0.4) is 0 Å². The lowest BCUT2D eigenvalue weighted by molar-refractivity contribution is 0.291. The van der Waals surface area contributed by atoms with Crippen molar-refractivity contribution in [1.29, 1.82) is 0 Å². The lowest BCUT2D eigenvalue weighted by atomic mass is 9.84. The topological polar surface area (TPSA) is 12.0 Å². The van der Waals surface area contributed by atoms with Crippen LogP contribution in [0.4, 0.5) is 0 Å². The van der Waals surface area contributed by atoms with E-state index >= 15 is 0 Å². The summed E-state index contributed by atoms with van der Waals surface area (Å²) in [6, 6.07) is 0. The van der Waals surface area contributed by atoms with Crippen molar-refractivity contribution in [2.75, 3.05) is 19.0 Å². The highest BCUT2D eigenvalue weighted by Crippen LogP contribution is 2.26. The fourth-order valence-electron chi connectivity index (χ4n) is 1.27. The van der Waals surface area contributed by atoms with Crippen molar-refractivity contribution in [3.63, 3.8) is 0 Å². The van der Waals surface area contributed by atoms with Crippen LogP contribution in [0.2, 0.25) is 0 Å². The van der Waals surface area contributed by atoms with Gasteiger partial charge in [-0.1, -0.05) is 26.0 Å². The van der Waals surface area contributed by atoms with E-state index in [1.807, 2.05) is 6.92 Å². The van der Waals surface area contributed by atoms with Gasteiger partial charge in [0.2, 0.25) is 0 Å². The first-order valence-corrected chi connectivity index (χ1v) is 5.66. The van der Waals surface area contributed by atoms with Gasteiger partial charge in [0, 0.05) is 19.0 Å². The summed E-state index contributed by atoms with van der Waals surface area (Å²) in [5.41, 5.74) is 0.295. The predicted molar refractivity (Wildman–Crippen MR) is 61.4 cm³/mol. The third-order valence-corrected chi connectivity index (χ3v) is 3.35. The number of hydrogen-bond acceptors (Lipinski definition) is 1. The minimum atomic E-state index is 0.295. The van der Waals surface area contributed by atoms with E-state index in [1.165, 1.54) is 0 Å². The average molecular weight is 204 g/mol. The zero-order valence-corrected chi connectivity index (χ0v) is 9.82. The molecule has 0 aliphatic heterocycles. The van der Waals surface area contributed by atoms with Crippen LogP contribution in [0, 0.1) is 5.41 Å². The molecule has 0 aromatic rings. The van der Waals surface area contributed by atoms with Gasteiger partial charge in [0.1, 0.15) is 0 Å². The molecule has 2 heteroatoms.